The van der Waals surface area contributed by atoms with E-state index < -0.39 is 5.41 Å². The average molecular weight is 243 g/mol. The molecule has 0 aromatic rings. The molecule has 14 heavy (non-hydrogen) atoms. The van der Waals surface area contributed by atoms with E-state index in [0.29, 0.717) is 0 Å². The Kier molecular flexibility index (Phi) is 5.75. The molecule has 0 spiro atoms. The van der Waals surface area contributed by atoms with Crippen LogP contribution in [0.1, 0.15) is 41.5 Å². The number of carbonyl (C=O) groups excluding carboxylic acids is 1. The Morgan fingerprint density at radius 2 is 1.36 bits per heavy atom. The molecule has 1 N–H and O–H groups in total. The molecule has 1 radical (unpaired) electrons. The third-order valence-corrected chi connectivity index (χ3v) is 1.78. The molecule has 0 aliphatic heterocycles. The van der Waals surface area contributed by atoms with Crippen molar-refractivity contribution in [3.8, 4) is 0 Å². The summed E-state index contributed by atoms with van der Waals surface area (Å²) in [5, 5.41) is 9.56. The largest absolute Gasteiger partial charge is 0.512 e. The van der Waals surface area contributed by atoms with Crippen molar-refractivity contribution in [3.05, 3.63) is 11.8 Å². The van der Waals surface area contributed by atoms with E-state index in [0.717, 1.165) is 0 Å². The van der Waals surface area contributed by atoms with Gasteiger partial charge in [0, 0.05) is 33.7 Å². The van der Waals surface area contributed by atoms with Crippen LogP contribution in [0.2, 0.25) is 0 Å². The molecule has 0 fully saturated rings. The molecule has 0 aromatic carbocycles. The molecule has 3 heteroatoms. The van der Waals surface area contributed by atoms with Crippen LogP contribution in [0.3, 0.4) is 0 Å². The Bertz CT molecular complexity index is 229. The molecular formula is C11H20CoO2. The monoisotopic (exact) mass is 243 g/mol. The molecule has 0 aliphatic rings. The van der Waals surface area contributed by atoms with Gasteiger partial charge in [-0.05, 0) is 0 Å². The van der Waals surface area contributed by atoms with Crippen LogP contribution in [0.15, 0.2) is 11.8 Å². The minimum Gasteiger partial charge on any atom is -0.512 e. The Balaban J connectivity index is 0. The molecule has 0 aromatic heterocycles. The maximum atomic E-state index is 11.5. The molecule has 0 rings (SSSR count). The summed E-state index contributed by atoms with van der Waals surface area (Å²) in [6.45, 7) is 11.1. The molecule has 2 nitrogen and oxygen atoms in total. The number of aliphatic hydroxyl groups is 1. The van der Waals surface area contributed by atoms with Crippen molar-refractivity contribution in [2.24, 2.45) is 10.8 Å². The Labute approximate surface area is 97.0 Å². The maximum Gasteiger partial charge on any atom is 0.164 e. The molecule has 0 bridgehead atoms. The van der Waals surface area contributed by atoms with Crippen LogP contribution in [-0.4, -0.2) is 10.9 Å². The van der Waals surface area contributed by atoms with E-state index in [1.54, 1.807) is 0 Å². The van der Waals surface area contributed by atoms with Crippen molar-refractivity contribution in [1.82, 2.24) is 0 Å². The number of carbonyl (C=O) groups is 1. The standard InChI is InChI=1S/C11H20O2.Co/c1-10(2,3)8(12)7-9(13)11(4,5)6;/h7,12H,1-6H3;/b8-7-;. The van der Waals surface area contributed by atoms with Crippen molar-refractivity contribution < 1.29 is 26.7 Å². The Morgan fingerprint density at radius 3 is 1.57 bits per heavy atom. The van der Waals surface area contributed by atoms with Gasteiger partial charge in [-0.25, -0.2) is 0 Å². The number of hydrogen-bond acceptors (Lipinski definition) is 2. The minimum atomic E-state index is -0.417. The first kappa shape index (κ1) is 16.2. The number of allylic oxidation sites excluding steroid dienone is 2. The van der Waals surface area contributed by atoms with Crippen LogP contribution in [-0.2, 0) is 21.6 Å². The summed E-state index contributed by atoms with van der Waals surface area (Å²) in [5.41, 5.74) is -0.764. The fraction of sp³-hybridized carbons (Fsp3) is 0.727. The van der Waals surface area contributed by atoms with E-state index in [1.807, 2.05) is 41.5 Å². The van der Waals surface area contributed by atoms with Gasteiger partial charge in [0.15, 0.2) is 5.78 Å². The van der Waals surface area contributed by atoms with Crippen molar-refractivity contribution >= 4 is 5.78 Å². The van der Waals surface area contributed by atoms with Crippen LogP contribution in [0.4, 0.5) is 0 Å². The van der Waals surface area contributed by atoms with E-state index in [1.165, 1.54) is 6.08 Å². The number of rotatable bonds is 1. The van der Waals surface area contributed by atoms with Crippen molar-refractivity contribution in [3.63, 3.8) is 0 Å². The van der Waals surface area contributed by atoms with E-state index in [2.05, 4.69) is 0 Å². The van der Waals surface area contributed by atoms with E-state index >= 15 is 0 Å². The van der Waals surface area contributed by atoms with E-state index in [-0.39, 0.29) is 33.7 Å². The van der Waals surface area contributed by atoms with Gasteiger partial charge < -0.3 is 5.11 Å². The second kappa shape index (κ2) is 4.98. The molecule has 0 saturated heterocycles. The molecule has 0 amide bonds. The molecule has 85 valence electrons. The normalized spacial score (nSPS) is 13.4. The van der Waals surface area contributed by atoms with Gasteiger partial charge in [0.1, 0.15) is 5.76 Å². The minimum absolute atomic E-state index is 0. The molecule has 0 aliphatic carbocycles. The Morgan fingerprint density at radius 1 is 1.00 bits per heavy atom. The molecule has 0 atom stereocenters. The second-order valence-electron chi connectivity index (χ2n) is 5.39. The van der Waals surface area contributed by atoms with Gasteiger partial charge in [0.05, 0.1) is 0 Å². The van der Waals surface area contributed by atoms with Crippen molar-refractivity contribution in [2.45, 2.75) is 41.5 Å². The first-order chi connectivity index (χ1) is 5.55. The molecule has 0 unspecified atom stereocenters. The van der Waals surface area contributed by atoms with Gasteiger partial charge in [-0.15, -0.1) is 0 Å². The number of ketones is 1. The predicted molar refractivity (Wildman–Crippen MR) is 54.6 cm³/mol. The zero-order valence-corrected chi connectivity index (χ0v) is 10.8. The number of aliphatic hydroxyl groups excluding tert-OH is 1. The van der Waals surface area contributed by atoms with Gasteiger partial charge in [-0.1, -0.05) is 41.5 Å². The van der Waals surface area contributed by atoms with Crippen LogP contribution >= 0.6 is 0 Å². The van der Waals surface area contributed by atoms with Gasteiger partial charge in [0.2, 0.25) is 0 Å². The fourth-order valence-electron chi connectivity index (χ4n) is 0.557. The van der Waals surface area contributed by atoms with Crippen molar-refractivity contribution in [2.75, 3.05) is 0 Å². The maximum absolute atomic E-state index is 11.5. The fourth-order valence-corrected chi connectivity index (χ4v) is 0.557. The van der Waals surface area contributed by atoms with Gasteiger partial charge >= 0.3 is 0 Å². The summed E-state index contributed by atoms with van der Waals surface area (Å²) in [6.07, 6.45) is 1.33. The third-order valence-electron chi connectivity index (χ3n) is 1.78. The zero-order chi connectivity index (χ0) is 10.9. The summed E-state index contributed by atoms with van der Waals surface area (Å²) in [4.78, 5) is 11.5. The van der Waals surface area contributed by atoms with Crippen LogP contribution < -0.4 is 0 Å². The first-order valence-electron chi connectivity index (χ1n) is 4.51. The summed E-state index contributed by atoms with van der Waals surface area (Å²) in [5.74, 6) is 0.104. The van der Waals surface area contributed by atoms with Crippen LogP contribution in [0, 0.1) is 10.8 Å². The average Bonchev–Trinajstić information content (AvgIpc) is 1.82. The summed E-state index contributed by atoms with van der Waals surface area (Å²) in [7, 11) is 0. The van der Waals surface area contributed by atoms with Crippen LogP contribution in [0.25, 0.3) is 0 Å². The van der Waals surface area contributed by atoms with Crippen molar-refractivity contribution in [1.29, 1.82) is 0 Å². The zero-order valence-electron chi connectivity index (χ0n) is 9.77. The molecule has 0 saturated carbocycles. The summed E-state index contributed by atoms with van der Waals surface area (Å²) in [6, 6.07) is 0. The SMILES string of the molecule is CC(C)(C)C(=O)/C=C(\O)C(C)(C)C.[Co]. The summed E-state index contributed by atoms with van der Waals surface area (Å²) >= 11 is 0. The summed E-state index contributed by atoms with van der Waals surface area (Å²) < 4.78 is 0. The van der Waals surface area contributed by atoms with Gasteiger partial charge in [-0.3, -0.25) is 4.79 Å². The van der Waals surface area contributed by atoms with Crippen LogP contribution in [0.5, 0.6) is 0 Å². The van der Waals surface area contributed by atoms with Gasteiger partial charge in [0.25, 0.3) is 0 Å². The molecule has 0 heterocycles. The Hall–Kier alpha value is -0.284. The van der Waals surface area contributed by atoms with E-state index in [4.69, 9.17) is 0 Å². The van der Waals surface area contributed by atoms with E-state index in [9.17, 15) is 9.90 Å². The topological polar surface area (TPSA) is 37.3 Å². The third kappa shape index (κ3) is 5.45. The first-order valence-corrected chi connectivity index (χ1v) is 4.51. The second-order valence-corrected chi connectivity index (χ2v) is 5.39. The van der Waals surface area contributed by atoms with Gasteiger partial charge in [-0.2, -0.15) is 0 Å². The quantitative estimate of drug-likeness (QED) is 0.567. The number of hydrogen-bond donors (Lipinski definition) is 1. The molecular weight excluding hydrogens is 223 g/mol. The smallest absolute Gasteiger partial charge is 0.164 e. The predicted octanol–water partition coefficient (Wildman–Crippen LogP) is 3.09.